The summed E-state index contributed by atoms with van der Waals surface area (Å²) in [6.07, 6.45) is 3.23. The van der Waals surface area contributed by atoms with Gasteiger partial charge in [0.15, 0.2) is 0 Å². The molecule has 3 heteroatoms. The second-order valence-electron chi connectivity index (χ2n) is 7.98. The highest BCUT2D eigenvalue weighted by molar-refractivity contribution is 5.76. The molecule has 0 bridgehead atoms. The number of carbonyl (C=O) groups excluding carboxylic acids is 1. The van der Waals surface area contributed by atoms with Crippen molar-refractivity contribution in [3.63, 3.8) is 0 Å². The first-order chi connectivity index (χ1) is 12.9. The number of carbonyl (C=O) groups is 1. The predicted octanol–water partition coefficient (Wildman–Crippen LogP) is 5.06. The molecule has 27 heavy (non-hydrogen) atoms. The Morgan fingerprint density at radius 3 is 2.11 bits per heavy atom. The summed E-state index contributed by atoms with van der Waals surface area (Å²) in [5.74, 6) is 1.03. The van der Waals surface area contributed by atoms with E-state index in [1.807, 2.05) is 19.1 Å². The van der Waals surface area contributed by atoms with Gasteiger partial charge >= 0.3 is 0 Å². The summed E-state index contributed by atoms with van der Waals surface area (Å²) in [7, 11) is 0. The molecule has 0 aromatic heterocycles. The Labute approximate surface area is 164 Å². The minimum absolute atomic E-state index is 0.126. The van der Waals surface area contributed by atoms with Crippen molar-refractivity contribution in [2.75, 3.05) is 13.2 Å². The number of benzene rings is 2. The number of ether oxygens (including phenoxy) is 1. The van der Waals surface area contributed by atoms with E-state index in [-0.39, 0.29) is 11.3 Å². The molecule has 0 atom stereocenters. The highest BCUT2D eigenvalue weighted by Gasteiger charge is 2.12. The summed E-state index contributed by atoms with van der Waals surface area (Å²) in [6, 6.07) is 16.8. The molecule has 0 saturated carbocycles. The molecule has 146 valence electrons. The molecular formula is C24H33NO2. The lowest BCUT2D eigenvalue weighted by molar-refractivity contribution is -0.121. The molecule has 2 rings (SSSR count). The standard InChI is InChI=1S/C24H33NO2/c1-5-27-22-15-10-19(11-16-22)7-6-18-25-23(26)17-12-20-8-13-21(14-9-20)24(2,3)4/h8-11,13-16H,5-7,12,17-18H2,1-4H3,(H,25,26). The SMILES string of the molecule is CCOc1ccc(CCCNC(=O)CCc2ccc(C(C)(C)C)cc2)cc1. The van der Waals surface area contributed by atoms with Crippen LogP contribution in [0.3, 0.4) is 0 Å². The van der Waals surface area contributed by atoms with Crippen LogP contribution in [-0.2, 0) is 23.1 Å². The van der Waals surface area contributed by atoms with Crippen LogP contribution in [0.2, 0.25) is 0 Å². The zero-order chi connectivity index (χ0) is 19.7. The van der Waals surface area contributed by atoms with Crippen molar-refractivity contribution in [3.05, 3.63) is 65.2 Å². The van der Waals surface area contributed by atoms with Gasteiger partial charge in [0.05, 0.1) is 6.61 Å². The number of nitrogens with one attached hydrogen (secondary N) is 1. The average Bonchev–Trinajstić information content (AvgIpc) is 2.65. The van der Waals surface area contributed by atoms with Crippen LogP contribution in [0.4, 0.5) is 0 Å². The van der Waals surface area contributed by atoms with Crippen molar-refractivity contribution in [1.82, 2.24) is 5.32 Å². The van der Waals surface area contributed by atoms with Crippen molar-refractivity contribution in [3.8, 4) is 5.75 Å². The quantitative estimate of drug-likeness (QED) is 0.629. The zero-order valence-corrected chi connectivity index (χ0v) is 17.2. The molecule has 0 fully saturated rings. The Bertz CT molecular complexity index is 697. The highest BCUT2D eigenvalue weighted by atomic mass is 16.5. The van der Waals surface area contributed by atoms with E-state index in [0.717, 1.165) is 31.6 Å². The topological polar surface area (TPSA) is 38.3 Å². The molecule has 0 saturated heterocycles. The molecule has 1 amide bonds. The molecule has 2 aromatic carbocycles. The molecule has 0 radical (unpaired) electrons. The van der Waals surface area contributed by atoms with Gasteiger partial charge in [0.1, 0.15) is 5.75 Å². The lowest BCUT2D eigenvalue weighted by Gasteiger charge is -2.19. The van der Waals surface area contributed by atoms with E-state index in [0.29, 0.717) is 13.0 Å². The van der Waals surface area contributed by atoms with E-state index in [2.05, 4.69) is 62.5 Å². The van der Waals surface area contributed by atoms with Crippen LogP contribution in [0.5, 0.6) is 5.75 Å². The van der Waals surface area contributed by atoms with E-state index in [1.54, 1.807) is 0 Å². The summed E-state index contributed by atoms with van der Waals surface area (Å²) in [5.41, 5.74) is 3.98. The molecule has 1 N–H and O–H groups in total. The van der Waals surface area contributed by atoms with Crippen molar-refractivity contribution < 1.29 is 9.53 Å². The molecular weight excluding hydrogens is 334 g/mol. The molecule has 0 aliphatic rings. The summed E-state index contributed by atoms with van der Waals surface area (Å²) in [4.78, 5) is 12.0. The van der Waals surface area contributed by atoms with Crippen molar-refractivity contribution >= 4 is 5.91 Å². The first-order valence-corrected chi connectivity index (χ1v) is 9.96. The minimum atomic E-state index is 0.126. The average molecular weight is 368 g/mol. The van der Waals surface area contributed by atoms with Gasteiger partial charge in [-0.15, -0.1) is 0 Å². The van der Waals surface area contributed by atoms with E-state index in [4.69, 9.17) is 4.74 Å². The van der Waals surface area contributed by atoms with Gasteiger partial charge in [-0.2, -0.15) is 0 Å². The van der Waals surface area contributed by atoms with Crippen molar-refractivity contribution in [2.45, 2.75) is 58.8 Å². The Kier molecular flexibility index (Phi) is 7.90. The third kappa shape index (κ3) is 7.46. The van der Waals surface area contributed by atoms with E-state index >= 15 is 0 Å². The van der Waals surface area contributed by atoms with Gasteiger partial charge in [-0.25, -0.2) is 0 Å². The van der Waals surface area contributed by atoms with Crippen LogP contribution in [-0.4, -0.2) is 19.1 Å². The number of amides is 1. The second-order valence-corrected chi connectivity index (χ2v) is 7.98. The first kappa shape index (κ1) is 21.0. The van der Waals surface area contributed by atoms with Gasteiger partial charge in [-0.1, -0.05) is 57.2 Å². The van der Waals surface area contributed by atoms with Gasteiger partial charge in [0.25, 0.3) is 0 Å². The van der Waals surface area contributed by atoms with Gasteiger partial charge in [-0.3, -0.25) is 4.79 Å². The van der Waals surface area contributed by atoms with Crippen LogP contribution in [0.1, 0.15) is 57.2 Å². The monoisotopic (exact) mass is 367 g/mol. The summed E-state index contributed by atoms with van der Waals surface area (Å²) in [6.45, 7) is 10.0. The minimum Gasteiger partial charge on any atom is -0.494 e. The number of rotatable bonds is 9. The molecule has 0 spiro atoms. The maximum atomic E-state index is 12.0. The second kappa shape index (κ2) is 10.1. The normalized spacial score (nSPS) is 11.3. The Balaban J connectivity index is 1.64. The molecule has 0 unspecified atom stereocenters. The first-order valence-electron chi connectivity index (χ1n) is 9.96. The largest absolute Gasteiger partial charge is 0.494 e. The number of aryl methyl sites for hydroxylation is 2. The Hall–Kier alpha value is -2.29. The Morgan fingerprint density at radius 2 is 1.52 bits per heavy atom. The third-order valence-electron chi connectivity index (χ3n) is 4.66. The van der Waals surface area contributed by atoms with Gasteiger partial charge in [0, 0.05) is 13.0 Å². The lowest BCUT2D eigenvalue weighted by atomic mass is 9.86. The lowest BCUT2D eigenvalue weighted by Crippen LogP contribution is -2.25. The molecule has 0 aliphatic carbocycles. The smallest absolute Gasteiger partial charge is 0.220 e. The molecule has 0 aliphatic heterocycles. The predicted molar refractivity (Wildman–Crippen MR) is 112 cm³/mol. The summed E-state index contributed by atoms with van der Waals surface area (Å²) < 4.78 is 5.45. The van der Waals surface area contributed by atoms with Gasteiger partial charge in [0.2, 0.25) is 5.91 Å². The van der Waals surface area contributed by atoms with Crippen LogP contribution < -0.4 is 10.1 Å². The molecule has 2 aromatic rings. The van der Waals surface area contributed by atoms with Crippen LogP contribution in [0.15, 0.2) is 48.5 Å². The third-order valence-corrected chi connectivity index (χ3v) is 4.66. The van der Waals surface area contributed by atoms with E-state index < -0.39 is 0 Å². The molecule has 3 nitrogen and oxygen atoms in total. The Morgan fingerprint density at radius 1 is 0.926 bits per heavy atom. The van der Waals surface area contributed by atoms with Gasteiger partial charge in [-0.05, 0) is 60.4 Å². The maximum absolute atomic E-state index is 12.0. The fraction of sp³-hybridized carbons (Fsp3) is 0.458. The van der Waals surface area contributed by atoms with Gasteiger partial charge < -0.3 is 10.1 Å². The number of hydrogen-bond donors (Lipinski definition) is 1. The molecule has 0 heterocycles. The van der Waals surface area contributed by atoms with Crippen LogP contribution in [0, 0.1) is 0 Å². The fourth-order valence-corrected chi connectivity index (χ4v) is 2.96. The van der Waals surface area contributed by atoms with E-state index in [1.165, 1.54) is 16.7 Å². The highest BCUT2D eigenvalue weighted by Crippen LogP contribution is 2.22. The van der Waals surface area contributed by atoms with Crippen molar-refractivity contribution in [2.24, 2.45) is 0 Å². The zero-order valence-electron chi connectivity index (χ0n) is 17.2. The van der Waals surface area contributed by atoms with Crippen molar-refractivity contribution in [1.29, 1.82) is 0 Å². The van der Waals surface area contributed by atoms with Crippen LogP contribution in [0.25, 0.3) is 0 Å². The number of hydrogen-bond acceptors (Lipinski definition) is 2. The summed E-state index contributed by atoms with van der Waals surface area (Å²) in [5, 5.41) is 3.03. The maximum Gasteiger partial charge on any atom is 0.220 e. The summed E-state index contributed by atoms with van der Waals surface area (Å²) >= 11 is 0. The van der Waals surface area contributed by atoms with E-state index in [9.17, 15) is 4.79 Å². The fourth-order valence-electron chi connectivity index (χ4n) is 2.96. The van der Waals surface area contributed by atoms with Crippen LogP contribution >= 0.6 is 0 Å².